The molecule has 2 rings (SSSR count). The highest BCUT2D eigenvalue weighted by Gasteiger charge is 2.10. The van der Waals surface area contributed by atoms with Gasteiger partial charge < -0.3 is 9.84 Å². The van der Waals surface area contributed by atoms with Crippen LogP contribution in [-0.2, 0) is 0 Å². The highest BCUT2D eigenvalue weighted by atomic mass is 35.5. The van der Waals surface area contributed by atoms with Crippen LogP contribution in [0.15, 0.2) is 42.5 Å². The molecule has 2 aromatic carbocycles. The van der Waals surface area contributed by atoms with Crippen molar-refractivity contribution in [3.05, 3.63) is 64.4 Å². The Bertz CT molecular complexity index is 552. The van der Waals surface area contributed by atoms with E-state index in [0.29, 0.717) is 16.3 Å². The van der Waals surface area contributed by atoms with Gasteiger partial charge >= 0.3 is 0 Å². The number of aliphatic hydroxyl groups is 1. The molecule has 0 aromatic heterocycles. The van der Waals surface area contributed by atoms with Crippen molar-refractivity contribution in [1.82, 2.24) is 0 Å². The van der Waals surface area contributed by atoms with Gasteiger partial charge in [0.15, 0.2) is 0 Å². The Morgan fingerprint density at radius 1 is 1.26 bits per heavy atom. The quantitative estimate of drug-likeness (QED) is 0.920. The predicted molar refractivity (Wildman–Crippen MR) is 73.0 cm³/mol. The Kier molecular flexibility index (Phi) is 4.40. The molecule has 100 valence electrons. The van der Waals surface area contributed by atoms with E-state index in [-0.39, 0.29) is 12.4 Å². The van der Waals surface area contributed by atoms with E-state index in [0.717, 1.165) is 5.56 Å². The highest BCUT2D eigenvalue weighted by Crippen LogP contribution is 2.21. The van der Waals surface area contributed by atoms with Crippen molar-refractivity contribution in [3.63, 3.8) is 0 Å². The molecule has 2 aromatic rings. The summed E-state index contributed by atoms with van der Waals surface area (Å²) < 4.78 is 18.7. The van der Waals surface area contributed by atoms with Gasteiger partial charge in [0.05, 0.1) is 0 Å². The van der Waals surface area contributed by atoms with Crippen molar-refractivity contribution in [3.8, 4) is 5.75 Å². The lowest BCUT2D eigenvalue weighted by Gasteiger charge is -2.13. The Morgan fingerprint density at radius 2 is 2.05 bits per heavy atom. The minimum atomic E-state index is -0.881. The number of hydrogen-bond donors (Lipinski definition) is 1. The molecular formula is C15H14ClFO2. The van der Waals surface area contributed by atoms with Crippen LogP contribution in [0, 0.1) is 12.7 Å². The Labute approximate surface area is 116 Å². The fourth-order valence-corrected chi connectivity index (χ4v) is 1.97. The molecule has 1 unspecified atom stereocenters. The molecule has 4 heteroatoms. The minimum absolute atomic E-state index is 0.0449. The maximum Gasteiger partial charge on any atom is 0.123 e. The van der Waals surface area contributed by atoms with Crippen molar-refractivity contribution in [2.75, 3.05) is 6.61 Å². The van der Waals surface area contributed by atoms with Gasteiger partial charge in [-0.1, -0.05) is 23.7 Å². The van der Waals surface area contributed by atoms with Gasteiger partial charge in [-0.05, 0) is 48.4 Å². The van der Waals surface area contributed by atoms with Gasteiger partial charge in [0, 0.05) is 5.02 Å². The summed E-state index contributed by atoms with van der Waals surface area (Å²) in [5.41, 5.74) is 1.26. The molecule has 19 heavy (non-hydrogen) atoms. The summed E-state index contributed by atoms with van der Waals surface area (Å²) in [6, 6.07) is 11.3. The fraction of sp³-hybridized carbons (Fsp3) is 0.200. The van der Waals surface area contributed by atoms with Gasteiger partial charge in [-0.25, -0.2) is 4.39 Å². The zero-order chi connectivity index (χ0) is 13.8. The van der Waals surface area contributed by atoms with Gasteiger partial charge in [0.25, 0.3) is 0 Å². The summed E-state index contributed by atoms with van der Waals surface area (Å²) in [6.45, 7) is 1.82. The standard InChI is InChI=1S/C15H14ClFO2/c1-10-5-11(7-13(17)6-10)15(18)9-19-14-4-2-3-12(16)8-14/h2-8,15,18H,9H2,1H3. The first kappa shape index (κ1) is 13.8. The van der Waals surface area contributed by atoms with Crippen molar-refractivity contribution in [2.45, 2.75) is 13.0 Å². The molecule has 0 aliphatic carbocycles. The van der Waals surface area contributed by atoms with E-state index in [1.54, 1.807) is 37.3 Å². The average Bonchev–Trinajstić information content (AvgIpc) is 2.35. The van der Waals surface area contributed by atoms with Crippen LogP contribution in [0.1, 0.15) is 17.2 Å². The van der Waals surface area contributed by atoms with Crippen LogP contribution >= 0.6 is 11.6 Å². The fourth-order valence-electron chi connectivity index (χ4n) is 1.79. The molecule has 0 amide bonds. The van der Waals surface area contributed by atoms with Crippen LogP contribution in [0.5, 0.6) is 5.75 Å². The summed E-state index contributed by atoms with van der Waals surface area (Å²) in [5, 5.41) is 10.5. The van der Waals surface area contributed by atoms with Crippen molar-refractivity contribution < 1.29 is 14.2 Å². The van der Waals surface area contributed by atoms with Crippen molar-refractivity contribution >= 4 is 11.6 Å². The summed E-state index contributed by atoms with van der Waals surface area (Å²) >= 11 is 5.83. The van der Waals surface area contributed by atoms with Gasteiger partial charge in [-0.3, -0.25) is 0 Å². The number of aliphatic hydroxyl groups excluding tert-OH is 1. The third-order valence-electron chi connectivity index (χ3n) is 2.65. The predicted octanol–water partition coefficient (Wildman–Crippen LogP) is 3.90. The topological polar surface area (TPSA) is 29.5 Å². The first-order chi connectivity index (χ1) is 9.04. The first-order valence-corrected chi connectivity index (χ1v) is 6.26. The molecule has 0 aliphatic rings. The van der Waals surface area contributed by atoms with Crippen molar-refractivity contribution in [2.24, 2.45) is 0 Å². The summed E-state index contributed by atoms with van der Waals surface area (Å²) in [6.07, 6.45) is -0.881. The number of benzene rings is 2. The third kappa shape index (κ3) is 3.94. The smallest absolute Gasteiger partial charge is 0.123 e. The zero-order valence-electron chi connectivity index (χ0n) is 10.4. The number of hydrogen-bond acceptors (Lipinski definition) is 2. The second-order valence-electron chi connectivity index (χ2n) is 4.35. The van der Waals surface area contributed by atoms with Gasteiger partial charge in [-0.15, -0.1) is 0 Å². The molecule has 0 saturated carbocycles. The number of halogens is 2. The molecule has 1 N–H and O–H groups in total. The summed E-state index contributed by atoms with van der Waals surface area (Å²) in [7, 11) is 0. The maximum atomic E-state index is 13.2. The number of rotatable bonds is 4. The van der Waals surface area contributed by atoms with Crippen LogP contribution in [0.4, 0.5) is 4.39 Å². The number of aryl methyl sites for hydroxylation is 1. The Hall–Kier alpha value is -1.58. The van der Waals surface area contributed by atoms with Crippen LogP contribution in [0.3, 0.4) is 0 Å². The molecule has 0 bridgehead atoms. The summed E-state index contributed by atoms with van der Waals surface area (Å²) in [5.74, 6) is 0.205. The molecule has 0 saturated heterocycles. The Morgan fingerprint density at radius 3 is 2.74 bits per heavy atom. The largest absolute Gasteiger partial charge is 0.490 e. The van der Waals surface area contributed by atoms with E-state index >= 15 is 0 Å². The van der Waals surface area contributed by atoms with E-state index in [4.69, 9.17) is 16.3 Å². The molecule has 0 fully saturated rings. The lowest BCUT2D eigenvalue weighted by atomic mass is 10.1. The van der Waals surface area contributed by atoms with E-state index in [1.165, 1.54) is 12.1 Å². The van der Waals surface area contributed by atoms with E-state index in [1.807, 2.05) is 0 Å². The van der Waals surface area contributed by atoms with Crippen molar-refractivity contribution in [1.29, 1.82) is 0 Å². The minimum Gasteiger partial charge on any atom is -0.490 e. The maximum absolute atomic E-state index is 13.2. The SMILES string of the molecule is Cc1cc(F)cc(C(O)COc2cccc(Cl)c2)c1. The molecule has 0 heterocycles. The molecule has 0 aliphatic heterocycles. The second kappa shape index (κ2) is 6.04. The molecular weight excluding hydrogens is 267 g/mol. The Balaban J connectivity index is 2.03. The normalized spacial score (nSPS) is 12.2. The first-order valence-electron chi connectivity index (χ1n) is 5.88. The number of ether oxygens (including phenoxy) is 1. The average molecular weight is 281 g/mol. The van der Waals surface area contributed by atoms with E-state index in [2.05, 4.69) is 0 Å². The van der Waals surface area contributed by atoms with Crippen LogP contribution in [0.2, 0.25) is 5.02 Å². The lowest BCUT2D eigenvalue weighted by molar-refractivity contribution is 0.108. The highest BCUT2D eigenvalue weighted by molar-refractivity contribution is 6.30. The third-order valence-corrected chi connectivity index (χ3v) is 2.89. The van der Waals surface area contributed by atoms with Crippen LogP contribution < -0.4 is 4.74 Å². The molecule has 0 spiro atoms. The van der Waals surface area contributed by atoms with E-state index < -0.39 is 6.10 Å². The zero-order valence-corrected chi connectivity index (χ0v) is 11.2. The van der Waals surface area contributed by atoms with E-state index in [9.17, 15) is 9.50 Å². The van der Waals surface area contributed by atoms with Crippen LogP contribution in [0.25, 0.3) is 0 Å². The van der Waals surface area contributed by atoms with Gasteiger partial charge in [-0.2, -0.15) is 0 Å². The lowest BCUT2D eigenvalue weighted by Crippen LogP contribution is -2.10. The monoisotopic (exact) mass is 280 g/mol. The van der Waals surface area contributed by atoms with Gasteiger partial charge in [0.2, 0.25) is 0 Å². The molecule has 2 nitrogen and oxygen atoms in total. The second-order valence-corrected chi connectivity index (χ2v) is 4.78. The summed E-state index contributed by atoms with van der Waals surface area (Å²) in [4.78, 5) is 0. The molecule has 0 radical (unpaired) electrons. The van der Waals surface area contributed by atoms with Crippen LogP contribution in [-0.4, -0.2) is 11.7 Å². The van der Waals surface area contributed by atoms with Gasteiger partial charge in [0.1, 0.15) is 24.3 Å². The molecule has 1 atom stereocenters.